The summed E-state index contributed by atoms with van der Waals surface area (Å²) in [4.78, 5) is 24.4. The van der Waals surface area contributed by atoms with Crippen molar-refractivity contribution in [2.45, 2.75) is 71.2 Å². The molecule has 2 N–H and O–H groups in total. The molecule has 0 aliphatic carbocycles. The Hall–Kier alpha value is -3.28. The molecular weight excluding hydrogens is 499 g/mol. The van der Waals surface area contributed by atoms with Gasteiger partial charge in [-0.3, -0.25) is 15.0 Å². The van der Waals surface area contributed by atoms with E-state index in [1.54, 1.807) is 6.92 Å². The summed E-state index contributed by atoms with van der Waals surface area (Å²) in [5, 5.41) is 32.9. The van der Waals surface area contributed by atoms with E-state index >= 15 is 0 Å². The molecule has 1 fully saturated rings. The van der Waals surface area contributed by atoms with Gasteiger partial charge in [0.05, 0.1) is 25.3 Å². The fourth-order valence-corrected chi connectivity index (χ4v) is 4.33. The average Bonchev–Trinajstić information content (AvgIpc) is 2.84. The second-order valence-electron chi connectivity index (χ2n) is 10.7. The second-order valence-corrected chi connectivity index (χ2v) is 10.7. The Kier molecular flexibility index (Phi) is 9.64. The summed E-state index contributed by atoms with van der Waals surface area (Å²) in [5.74, 6) is -0.469. The van der Waals surface area contributed by atoms with E-state index in [9.17, 15) is 29.5 Å². The van der Waals surface area contributed by atoms with Gasteiger partial charge in [0, 0.05) is 17.4 Å². The smallest absolute Gasteiger partial charge is 0.408 e. The first-order valence-electron chi connectivity index (χ1n) is 12.4. The summed E-state index contributed by atoms with van der Waals surface area (Å²) in [6.45, 7) is 7.59. The summed E-state index contributed by atoms with van der Waals surface area (Å²) in [6, 6.07) is 9.32. The van der Waals surface area contributed by atoms with E-state index in [2.05, 4.69) is 0 Å². The summed E-state index contributed by atoms with van der Waals surface area (Å²) in [5.41, 5.74) is 0.896. The highest BCUT2D eigenvalue weighted by atomic mass is 19.1. The number of morpholine rings is 1. The number of amides is 1. The van der Waals surface area contributed by atoms with Gasteiger partial charge in [-0.2, -0.15) is 0 Å². The Morgan fingerprint density at radius 2 is 1.92 bits per heavy atom. The van der Waals surface area contributed by atoms with Gasteiger partial charge in [0.25, 0.3) is 0 Å². The van der Waals surface area contributed by atoms with Crippen LogP contribution >= 0.6 is 0 Å². The number of nitro groups is 1. The van der Waals surface area contributed by atoms with E-state index in [0.29, 0.717) is 6.61 Å². The van der Waals surface area contributed by atoms with Crippen LogP contribution < -0.4 is 4.74 Å². The van der Waals surface area contributed by atoms with Crippen molar-refractivity contribution in [3.8, 4) is 5.75 Å². The highest BCUT2D eigenvalue weighted by Gasteiger charge is 2.47. The van der Waals surface area contributed by atoms with Crippen molar-refractivity contribution in [2.75, 3.05) is 13.2 Å². The number of halogens is 1. The van der Waals surface area contributed by atoms with Gasteiger partial charge in [0.15, 0.2) is 6.29 Å². The number of aliphatic hydroxyl groups is 1. The monoisotopic (exact) mass is 534 g/mol. The Labute approximate surface area is 221 Å². The number of rotatable bonds is 10. The van der Waals surface area contributed by atoms with E-state index in [1.165, 1.54) is 12.1 Å². The zero-order valence-corrected chi connectivity index (χ0v) is 22.0. The van der Waals surface area contributed by atoms with Crippen LogP contribution in [0.3, 0.4) is 0 Å². The lowest BCUT2D eigenvalue weighted by molar-refractivity contribution is -0.536. The highest BCUT2D eigenvalue weighted by Crippen LogP contribution is 2.27. The number of carbonyl (C=O) groups is 1. The fraction of sp³-hybridized carbons (Fsp3) is 0.519. The first-order valence-corrected chi connectivity index (χ1v) is 12.4. The Bertz CT molecular complexity index is 1090. The highest BCUT2D eigenvalue weighted by molar-refractivity contribution is 5.66. The fourth-order valence-electron chi connectivity index (χ4n) is 4.33. The van der Waals surface area contributed by atoms with Gasteiger partial charge in [-0.15, -0.1) is 0 Å². The molecule has 1 amide bonds. The average molecular weight is 535 g/mol. The quantitative estimate of drug-likeness (QED) is 0.344. The van der Waals surface area contributed by atoms with Crippen molar-refractivity contribution in [1.29, 1.82) is 0 Å². The Morgan fingerprint density at radius 3 is 2.53 bits per heavy atom. The first kappa shape index (κ1) is 29.3. The van der Waals surface area contributed by atoms with Gasteiger partial charge in [-0.25, -0.2) is 9.18 Å². The maximum absolute atomic E-state index is 14.3. The van der Waals surface area contributed by atoms with Crippen LogP contribution in [0, 0.1) is 21.3 Å². The lowest BCUT2D eigenvalue weighted by Crippen LogP contribution is -2.64. The van der Waals surface area contributed by atoms with Crippen LogP contribution in [0.2, 0.25) is 0 Å². The van der Waals surface area contributed by atoms with E-state index in [4.69, 9.17) is 14.2 Å². The molecule has 1 aliphatic rings. The van der Waals surface area contributed by atoms with E-state index in [1.807, 2.05) is 51.1 Å². The van der Waals surface area contributed by atoms with Crippen LogP contribution in [-0.2, 0) is 22.5 Å². The molecule has 3 rings (SSSR count). The molecule has 1 saturated heterocycles. The number of nitrogens with zero attached hydrogens (tertiary/aromatic N) is 2. The van der Waals surface area contributed by atoms with E-state index < -0.39 is 47.4 Å². The van der Waals surface area contributed by atoms with Crippen LogP contribution in [0.4, 0.5) is 9.18 Å². The van der Waals surface area contributed by atoms with Gasteiger partial charge in [-0.05, 0) is 35.6 Å². The van der Waals surface area contributed by atoms with Crippen molar-refractivity contribution in [3.05, 3.63) is 75.6 Å². The third kappa shape index (κ3) is 7.86. The Balaban J connectivity index is 1.75. The molecule has 10 nitrogen and oxygen atoms in total. The minimum Gasteiger partial charge on any atom is -0.489 e. The maximum atomic E-state index is 14.3. The maximum Gasteiger partial charge on any atom is 0.408 e. The van der Waals surface area contributed by atoms with Crippen LogP contribution in [0.25, 0.3) is 0 Å². The number of hydrogen-bond acceptors (Lipinski definition) is 7. The van der Waals surface area contributed by atoms with Gasteiger partial charge < -0.3 is 24.4 Å². The second kappa shape index (κ2) is 12.5. The molecule has 0 bridgehead atoms. The van der Waals surface area contributed by atoms with Gasteiger partial charge in [0.1, 0.15) is 24.3 Å². The Morgan fingerprint density at radius 1 is 1.24 bits per heavy atom. The zero-order valence-electron chi connectivity index (χ0n) is 22.0. The minimum absolute atomic E-state index is 0.175. The van der Waals surface area contributed by atoms with Crippen molar-refractivity contribution in [2.24, 2.45) is 5.41 Å². The number of hydrogen-bond donors (Lipinski definition) is 2. The molecule has 0 saturated carbocycles. The molecule has 0 radical (unpaired) electrons. The van der Waals surface area contributed by atoms with Crippen LogP contribution in [0.1, 0.15) is 38.8 Å². The molecule has 1 heterocycles. The third-order valence-corrected chi connectivity index (χ3v) is 6.21. The lowest BCUT2D eigenvalue weighted by Gasteiger charge is -2.45. The molecule has 0 unspecified atom stereocenters. The molecule has 5 atom stereocenters. The van der Waals surface area contributed by atoms with Crippen molar-refractivity contribution in [3.63, 3.8) is 0 Å². The lowest BCUT2D eigenvalue weighted by atomic mass is 9.94. The van der Waals surface area contributed by atoms with Gasteiger partial charge >= 0.3 is 6.09 Å². The van der Waals surface area contributed by atoms with E-state index in [0.717, 1.165) is 16.5 Å². The summed E-state index contributed by atoms with van der Waals surface area (Å²) in [6.07, 6.45) is -4.34. The summed E-state index contributed by atoms with van der Waals surface area (Å²) >= 11 is 0. The van der Waals surface area contributed by atoms with Gasteiger partial charge in [-0.1, -0.05) is 51.1 Å². The predicted molar refractivity (Wildman–Crippen MR) is 136 cm³/mol. The molecule has 11 heteroatoms. The molecule has 208 valence electrons. The number of benzene rings is 2. The molecule has 1 aliphatic heterocycles. The standard InChI is InChI=1S/C27H35FN2O8/c1-17-25(38-16-27(2,3)4)37-15-23(29(17)26(32)33)24(31)22(30(34)35)12-19-10-20(28)13-21(11-19)36-14-18-8-6-5-7-9-18/h5-11,13,17,22-25,31H,12,14-16H2,1-4H3,(H,32,33)/t17-,22-,23+,24-,25-/m0/s1. The van der Waals surface area contributed by atoms with Gasteiger partial charge in [0.2, 0.25) is 6.04 Å². The molecule has 2 aromatic rings. The minimum atomic E-state index is -1.73. The topological polar surface area (TPSA) is 132 Å². The molecule has 0 aromatic heterocycles. The number of aliphatic hydroxyl groups excluding tert-OH is 1. The molecule has 0 spiro atoms. The van der Waals surface area contributed by atoms with Crippen molar-refractivity contribution >= 4 is 6.09 Å². The number of carboxylic acid groups (broad SMARTS) is 1. The predicted octanol–water partition coefficient (Wildman–Crippen LogP) is 4.11. The molecular formula is C27H35FN2O8. The normalized spacial score (nSPS) is 21.5. The zero-order chi connectivity index (χ0) is 28.0. The SMILES string of the molecule is C[C@H]1[C@H](OCC(C)(C)C)OC[C@H]([C@@H](O)[C@H](Cc2cc(F)cc(OCc3ccccc3)c2)[N+](=O)[O-])N1C(=O)O. The van der Waals surface area contributed by atoms with Crippen molar-refractivity contribution < 1.29 is 38.5 Å². The first-order chi connectivity index (χ1) is 17.9. The van der Waals surface area contributed by atoms with Crippen molar-refractivity contribution in [1.82, 2.24) is 4.90 Å². The van der Waals surface area contributed by atoms with E-state index in [-0.39, 0.29) is 36.4 Å². The summed E-state index contributed by atoms with van der Waals surface area (Å²) < 4.78 is 31.5. The van der Waals surface area contributed by atoms with Crippen LogP contribution in [0.5, 0.6) is 5.75 Å². The third-order valence-electron chi connectivity index (χ3n) is 6.21. The van der Waals surface area contributed by atoms with Crippen LogP contribution in [-0.4, -0.2) is 69.9 Å². The van der Waals surface area contributed by atoms with Crippen LogP contribution in [0.15, 0.2) is 48.5 Å². The molecule has 38 heavy (non-hydrogen) atoms. The summed E-state index contributed by atoms with van der Waals surface area (Å²) in [7, 11) is 0. The molecule has 2 aromatic carbocycles. The number of ether oxygens (including phenoxy) is 3. The largest absolute Gasteiger partial charge is 0.489 e.